The fourth-order valence-corrected chi connectivity index (χ4v) is 3.32. The van der Waals surface area contributed by atoms with Crippen LogP contribution < -0.4 is 15.2 Å². The van der Waals surface area contributed by atoms with Gasteiger partial charge < -0.3 is 15.2 Å². The average molecular weight is 741 g/mol. The Kier molecular flexibility index (Phi) is 10.8. The number of hydrogen-bond acceptors (Lipinski definition) is 3. The van der Waals surface area contributed by atoms with Crippen LogP contribution in [0.5, 0.6) is 11.5 Å². The molecule has 0 saturated carbocycles. The monoisotopic (exact) mass is 739 g/mol. The molecule has 0 saturated heterocycles. The quantitative estimate of drug-likeness (QED) is 0.149. The zero-order valence-electron chi connectivity index (χ0n) is 20.9. The minimum atomic E-state index is -5.95. The summed E-state index contributed by atoms with van der Waals surface area (Å²) in [7, 11) is 0. The molecule has 3 rings (SSSR count). The highest BCUT2D eigenvalue weighted by atomic mass is 79.9. The van der Waals surface area contributed by atoms with Crippen molar-refractivity contribution in [3.63, 3.8) is 0 Å². The van der Waals surface area contributed by atoms with Crippen LogP contribution in [0.4, 0.5) is 58.4 Å². The average Bonchev–Trinajstić information content (AvgIpc) is 2.86. The van der Waals surface area contributed by atoms with E-state index in [1.165, 1.54) is 22.9 Å². The molecule has 238 valence electrons. The van der Waals surface area contributed by atoms with Gasteiger partial charge in [0.05, 0.1) is 0 Å². The fraction of sp³-hybridized carbons (Fsp3) is 0.280. The van der Waals surface area contributed by atoms with E-state index >= 15 is 0 Å². The Hall–Kier alpha value is -2.72. The Bertz CT molecular complexity index is 1380. The van der Waals surface area contributed by atoms with E-state index in [2.05, 4.69) is 9.47 Å². The van der Waals surface area contributed by atoms with Crippen LogP contribution in [0.2, 0.25) is 10.0 Å². The predicted molar refractivity (Wildman–Crippen MR) is 137 cm³/mol. The van der Waals surface area contributed by atoms with E-state index in [1.54, 1.807) is 0 Å². The van der Waals surface area contributed by atoms with Gasteiger partial charge in [-0.2, -0.15) is 43.9 Å². The van der Waals surface area contributed by atoms with Crippen LogP contribution in [0.1, 0.15) is 11.1 Å². The summed E-state index contributed by atoms with van der Waals surface area (Å²) in [5.41, 5.74) is -0.890. The Balaban J connectivity index is 0.000000317. The molecule has 0 aromatic heterocycles. The second-order valence-electron chi connectivity index (χ2n) is 8.45. The van der Waals surface area contributed by atoms with Crippen molar-refractivity contribution in [2.45, 2.75) is 41.7 Å². The van der Waals surface area contributed by atoms with Crippen molar-refractivity contribution in [2.75, 3.05) is 5.73 Å². The van der Waals surface area contributed by atoms with Gasteiger partial charge in [-0.1, -0.05) is 35.3 Å². The second-order valence-corrected chi connectivity index (χ2v) is 10.4. The molecule has 0 heterocycles. The summed E-state index contributed by atoms with van der Waals surface area (Å²) in [6, 6.07) is 10.1. The highest BCUT2D eigenvalue weighted by Gasteiger charge is 2.75. The van der Waals surface area contributed by atoms with Crippen molar-refractivity contribution < 1.29 is 62.2 Å². The van der Waals surface area contributed by atoms with Crippen LogP contribution in [0.25, 0.3) is 0 Å². The lowest BCUT2D eigenvalue weighted by molar-refractivity contribution is -0.364. The summed E-state index contributed by atoms with van der Waals surface area (Å²) in [6.07, 6.45) is -22.2. The van der Waals surface area contributed by atoms with Crippen LogP contribution in [0, 0.1) is 6.92 Å². The van der Waals surface area contributed by atoms with Gasteiger partial charge in [0.2, 0.25) is 0 Å². The van der Waals surface area contributed by atoms with E-state index in [0.29, 0.717) is 12.1 Å². The van der Waals surface area contributed by atoms with E-state index in [0.717, 1.165) is 54.6 Å². The van der Waals surface area contributed by atoms with Crippen molar-refractivity contribution >= 4 is 44.8 Å². The standard InChI is InChI=1S/C16H12ClF6NO.C9H4BrClF6O/c1-9-8-10(2-7-13(9)24)14(18,15(19,20)21)16(22,23)25-12-5-3-11(17)4-6-12;10-7(12,8(13,14)15)9(16,17)18-6-3-1-5(11)2-4-6/h2-8H,24H2,1H3;1-4H. The molecule has 2 N–H and O–H groups in total. The molecule has 0 aliphatic heterocycles. The summed E-state index contributed by atoms with van der Waals surface area (Å²) < 4.78 is 162. The summed E-state index contributed by atoms with van der Waals surface area (Å²) in [6.45, 7) is 1.27. The van der Waals surface area contributed by atoms with Gasteiger partial charge in [0.1, 0.15) is 11.5 Å². The smallest absolute Gasteiger partial charge is 0.430 e. The number of halogens is 15. The third kappa shape index (κ3) is 8.06. The van der Waals surface area contributed by atoms with Gasteiger partial charge in [-0.25, -0.2) is 8.78 Å². The second kappa shape index (κ2) is 12.7. The summed E-state index contributed by atoms with van der Waals surface area (Å²) >= 11 is 12.3. The van der Waals surface area contributed by atoms with Gasteiger partial charge >= 0.3 is 34.8 Å². The first-order valence-corrected chi connectivity index (χ1v) is 12.6. The SMILES string of the molecule is Cc1cc(C(F)(C(F)(F)F)C(F)(F)Oc2ccc(Cl)cc2)ccc1N.FC(F)(F)C(F)(Br)C(F)(F)Oc1ccc(Cl)cc1. The van der Waals surface area contributed by atoms with Gasteiger partial charge in [-0.15, -0.1) is 0 Å². The summed E-state index contributed by atoms with van der Waals surface area (Å²) in [4.78, 5) is 0. The third-order valence-electron chi connectivity index (χ3n) is 5.30. The van der Waals surface area contributed by atoms with Gasteiger partial charge in [0, 0.05) is 21.3 Å². The zero-order chi connectivity index (χ0) is 33.2. The molecule has 0 bridgehead atoms. The molecule has 0 radical (unpaired) electrons. The molecule has 0 fully saturated rings. The molecule has 43 heavy (non-hydrogen) atoms. The Morgan fingerprint density at radius 3 is 1.35 bits per heavy atom. The molecule has 0 amide bonds. The molecule has 0 aliphatic rings. The molecular weight excluding hydrogens is 725 g/mol. The number of nitrogens with two attached hydrogens (primary N) is 1. The Morgan fingerprint density at radius 1 is 0.605 bits per heavy atom. The van der Waals surface area contributed by atoms with Crippen LogP contribution in [0.3, 0.4) is 0 Å². The topological polar surface area (TPSA) is 44.5 Å². The maximum Gasteiger partial charge on any atom is 0.453 e. The minimum absolute atomic E-state index is 0.0195. The molecule has 3 aromatic rings. The first-order chi connectivity index (χ1) is 19.4. The van der Waals surface area contributed by atoms with Gasteiger partial charge in [-0.05, 0) is 83.0 Å². The van der Waals surface area contributed by atoms with Gasteiger partial charge in [0.15, 0.2) is 0 Å². The van der Waals surface area contributed by atoms with Gasteiger partial charge in [0.25, 0.3) is 0 Å². The van der Waals surface area contributed by atoms with E-state index in [4.69, 9.17) is 28.9 Å². The zero-order valence-corrected chi connectivity index (χ0v) is 24.0. The van der Waals surface area contributed by atoms with Crippen LogP contribution in [-0.4, -0.2) is 29.1 Å². The van der Waals surface area contributed by atoms with Crippen molar-refractivity contribution in [2.24, 2.45) is 0 Å². The Morgan fingerprint density at radius 2 is 1.00 bits per heavy atom. The molecule has 18 heteroatoms. The predicted octanol–water partition coefficient (Wildman–Crippen LogP) is 10.6. The van der Waals surface area contributed by atoms with Crippen molar-refractivity contribution in [1.82, 2.24) is 0 Å². The Labute approximate surface area is 253 Å². The summed E-state index contributed by atoms with van der Waals surface area (Å²) in [5.74, 6) is -1.33. The number of rotatable bonds is 7. The maximum absolute atomic E-state index is 14.8. The minimum Gasteiger partial charge on any atom is -0.430 e. The first-order valence-electron chi connectivity index (χ1n) is 11.1. The highest BCUT2D eigenvalue weighted by Crippen LogP contribution is 2.53. The van der Waals surface area contributed by atoms with E-state index in [9.17, 15) is 52.7 Å². The molecule has 3 nitrogen and oxygen atoms in total. The number of ether oxygens (including phenoxy) is 2. The number of alkyl halides is 13. The third-order valence-corrected chi connectivity index (χ3v) is 6.72. The highest BCUT2D eigenvalue weighted by molar-refractivity contribution is 9.10. The first kappa shape index (κ1) is 36.5. The van der Waals surface area contributed by atoms with Crippen LogP contribution in [0.15, 0.2) is 66.7 Å². The normalized spacial score (nSPS) is 15.4. The van der Waals surface area contributed by atoms with E-state index < -0.39 is 51.9 Å². The van der Waals surface area contributed by atoms with Crippen LogP contribution >= 0.6 is 39.1 Å². The van der Waals surface area contributed by atoms with Crippen molar-refractivity contribution in [3.05, 3.63) is 87.9 Å². The van der Waals surface area contributed by atoms with Crippen molar-refractivity contribution in [3.8, 4) is 11.5 Å². The number of anilines is 1. The number of nitrogen functional groups attached to an aromatic ring is 1. The molecular formula is C25H16BrCl2F12NO2. The molecule has 2 atom stereocenters. The largest absolute Gasteiger partial charge is 0.453 e. The van der Waals surface area contributed by atoms with Crippen molar-refractivity contribution in [1.29, 1.82) is 0 Å². The molecule has 3 aromatic carbocycles. The molecule has 0 aliphatic carbocycles. The van der Waals surface area contributed by atoms with Crippen LogP contribution in [-0.2, 0) is 5.67 Å². The fourth-order valence-electron chi connectivity index (χ4n) is 2.99. The number of hydrogen-bond donors (Lipinski definition) is 1. The summed E-state index contributed by atoms with van der Waals surface area (Å²) in [5, 5.41) is 0.305. The number of benzene rings is 3. The molecule has 2 unspecified atom stereocenters. The van der Waals surface area contributed by atoms with E-state index in [1.807, 2.05) is 0 Å². The maximum atomic E-state index is 14.8. The van der Waals surface area contributed by atoms with E-state index in [-0.39, 0.29) is 21.3 Å². The lowest BCUT2D eigenvalue weighted by atomic mass is 9.91. The lowest BCUT2D eigenvalue weighted by Gasteiger charge is -2.34. The van der Waals surface area contributed by atoms with Gasteiger partial charge in [-0.3, -0.25) is 0 Å². The molecule has 0 spiro atoms. The number of aryl methyl sites for hydroxylation is 1. The lowest BCUT2D eigenvalue weighted by Crippen LogP contribution is -2.55.